The highest BCUT2D eigenvalue weighted by molar-refractivity contribution is 9.10. The van der Waals surface area contributed by atoms with E-state index in [0.717, 1.165) is 22.0 Å². The van der Waals surface area contributed by atoms with Gasteiger partial charge in [-0.3, -0.25) is 9.59 Å². The molecule has 4 nitrogen and oxygen atoms in total. The van der Waals surface area contributed by atoms with E-state index in [2.05, 4.69) is 21.2 Å². The van der Waals surface area contributed by atoms with Crippen molar-refractivity contribution in [2.24, 2.45) is 0 Å². The number of benzene rings is 3. The largest absolute Gasteiger partial charge is 0.324 e. The molecule has 0 unspecified atom stereocenters. The lowest BCUT2D eigenvalue weighted by molar-refractivity contribution is -0.136. The van der Waals surface area contributed by atoms with Gasteiger partial charge in [-0.25, -0.2) is 4.39 Å². The molecular weight excluding hydrogens is 459 g/mol. The number of aryl methyl sites for hydroxylation is 1. The van der Waals surface area contributed by atoms with Crippen molar-refractivity contribution in [3.63, 3.8) is 0 Å². The third kappa shape index (κ3) is 5.02. The molecule has 2 amide bonds. The van der Waals surface area contributed by atoms with Crippen molar-refractivity contribution in [2.75, 3.05) is 11.9 Å². The molecular formula is C25H22BrFN2O2. The van der Waals surface area contributed by atoms with Gasteiger partial charge in [0.1, 0.15) is 12.4 Å². The number of nitrogens with zero attached hydrogens (tertiary/aromatic N) is 1. The van der Waals surface area contributed by atoms with Gasteiger partial charge in [-0.2, -0.15) is 0 Å². The van der Waals surface area contributed by atoms with Crippen LogP contribution in [0, 0.1) is 5.82 Å². The molecule has 3 aromatic rings. The molecule has 6 heteroatoms. The zero-order chi connectivity index (χ0) is 21.8. The van der Waals surface area contributed by atoms with Crippen LogP contribution < -0.4 is 5.32 Å². The van der Waals surface area contributed by atoms with Crippen LogP contribution in [0.15, 0.2) is 77.3 Å². The minimum absolute atomic E-state index is 0.0570. The van der Waals surface area contributed by atoms with Crippen LogP contribution in [0.1, 0.15) is 35.6 Å². The van der Waals surface area contributed by atoms with E-state index in [0.29, 0.717) is 18.5 Å². The molecule has 0 bridgehead atoms. The Morgan fingerprint density at radius 3 is 2.55 bits per heavy atom. The topological polar surface area (TPSA) is 49.4 Å². The van der Waals surface area contributed by atoms with Crippen LogP contribution in [0.3, 0.4) is 0 Å². The van der Waals surface area contributed by atoms with Crippen molar-refractivity contribution in [2.45, 2.75) is 25.3 Å². The summed E-state index contributed by atoms with van der Waals surface area (Å²) in [5, 5.41) is 2.90. The van der Waals surface area contributed by atoms with Crippen LogP contribution in [0.25, 0.3) is 0 Å². The second-order valence-electron chi connectivity index (χ2n) is 7.59. The van der Waals surface area contributed by atoms with E-state index in [1.165, 1.54) is 17.7 Å². The Labute approximate surface area is 189 Å². The van der Waals surface area contributed by atoms with E-state index in [-0.39, 0.29) is 24.2 Å². The van der Waals surface area contributed by atoms with Gasteiger partial charge in [0, 0.05) is 22.1 Å². The first-order valence-corrected chi connectivity index (χ1v) is 11.0. The number of amides is 2. The molecule has 1 aliphatic rings. The second kappa shape index (κ2) is 9.43. The summed E-state index contributed by atoms with van der Waals surface area (Å²) in [6, 6.07) is 21.2. The Morgan fingerprint density at radius 1 is 1.06 bits per heavy atom. The zero-order valence-electron chi connectivity index (χ0n) is 16.9. The molecule has 1 aliphatic heterocycles. The number of nitrogens with one attached hydrogen (secondary N) is 1. The fourth-order valence-electron chi connectivity index (χ4n) is 3.95. The SMILES string of the molecule is O=C1CN(C(=O)CCCc2ccccc2)[C@H](c2ccc(F)cc2)c2cc(Br)ccc2N1. The fourth-order valence-corrected chi connectivity index (χ4v) is 4.32. The molecule has 3 aromatic carbocycles. The molecule has 0 fully saturated rings. The quantitative estimate of drug-likeness (QED) is 0.525. The minimum Gasteiger partial charge on any atom is -0.324 e. The third-order valence-electron chi connectivity index (χ3n) is 5.41. The van der Waals surface area contributed by atoms with E-state index in [1.807, 2.05) is 48.5 Å². The van der Waals surface area contributed by atoms with Crippen molar-refractivity contribution in [1.29, 1.82) is 0 Å². The predicted molar refractivity (Wildman–Crippen MR) is 122 cm³/mol. The molecule has 158 valence electrons. The molecule has 0 radical (unpaired) electrons. The van der Waals surface area contributed by atoms with Gasteiger partial charge in [-0.05, 0) is 54.3 Å². The van der Waals surface area contributed by atoms with Crippen molar-refractivity contribution in [1.82, 2.24) is 4.90 Å². The maximum Gasteiger partial charge on any atom is 0.244 e. The van der Waals surface area contributed by atoms with Crippen LogP contribution in [-0.4, -0.2) is 23.3 Å². The lowest BCUT2D eigenvalue weighted by atomic mass is 9.95. The van der Waals surface area contributed by atoms with Gasteiger partial charge in [-0.1, -0.05) is 58.4 Å². The van der Waals surface area contributed by atoms with Crippen molar-refractivity contribution >= 4 is 33.4 Å². The molecule has 1 heterocycles. The fraction of sp³-hybridized carbons (Fsp3) is 0.200. The van der Waals surface area contributed by atoms with Gasteiger partial charge in [0.05, 0.1) is 6.04 Å². The number of carbonyl (C=O) groups is 2. The van der Waals surface area contributed by atoms with Crippen LogP contribution >= 0.6 is 15.9 Å². The molecule has 31 heavy (non-hydrogen) atoms. The maximum absolute atomic E-state index is 13.6. The van der Waals surface area contributed by atoms with Gasteiger partial charge in [0.25, 0.3) is 0 Å². The zero-order valence-corrected chi connectivity index (χ0v) is 18.4. The molecule has 0 saturated heterocycles. The van der Waals surface area contributed by atoms with E-state index < -0.39 is 6.04 Å². The molecule has 0 saturated carbocycles. The average Bonchev–Trinajstić information content (AvgIpc) is 2.91. The summed E-state index contributed by atoms with van der Waals surface area (Å²) in [6.07, 6.45) is 1.79. The molecule has 1 atom stereocenters. The lowest BCUT2D eigenvalue weighted by Gasteiger charge is -2.31. The van der Waals surface area contributed by atoms with Crippen LogP contribution in [0.5, 0.6) is 0 Å². The summed E-state index contributed by atoms with van der Waals surface area (Å²) in [5.41, 5.74) is 3.38. The van der Waals surface area contributed by atoms with Crippen LogP contribution in [-0.2, 0) is 16.0 Å². The van der Waals surface area contributed by atoms with E-state index in [4.69, 9.17) is 0 Å². The van der Waals surface area contributed by atoms with Gasteiger partial charge in [0.2, 0.25) is 11.8 Å². The summed E-state index contributed by atoms with van der Waals surface area (Å²) in [7, 11) is 0. The first kappa shape index (κ1) is 21.2. The normalized spacial score (nSPS) is 15.7. The highest BCUT2D eigenvalue weighted by Gasteiger charge is 2.33. The number of fused-ring (bicyclic) bond motifs is 1. The van der Waals surface area contributed by atoms with Gasteiger partial charge < -0.3 is 10.2 Å². The van der Waals surface area contributed by atoms with E-state index >= 15 is 0 Å². The average molecular weight is 481 g/mol. The summed E-state index contributed by atoms with van der Waals surface area (Å²) in [5.74, 6) is -0.695. The monoisotopic (exact) mass is 480 g/mol. The summed E-state index contributed by atoms with van der Waals surface area (Å²) in [6.45, 7) is -0.0570. The number of anilines is 1. The second-order valence-corrected chi connectivity index (χ2v) is 8.51. The molecule has 4 rings (SSSR count). The number of rotatable bonds is 5. The number of hydrogen-bond donors (Lipinski definition) is 1. The van der Waals surface area contributed by atoms with E-state index in [9.17, 15) is 14.0 Å². The molecule has 0 spiro atoms. The number of carbonyl (C=O) groups excluding carboxylic acids is 2. The highest BCUT2D eigenvalue weighted by Crippen LogP contribution is 2.37. The van der Waals surface area contributed by atoms with Crippen LogP contribution in [0.2, 0.25) is 0 Å². The molecule has 0 aliphatic carbocycles. The minimum atomic E-state index is -0.490. The van der Waals surface area contributed by atoms with Crippen LogP contribution in [0.4, 0.5) is 10.1 Å². The smallest absolute Gasteiger partial charge is 0.244 e. The first-order chi connectivity index (χ1) is 15.0. The van der Waals surface area contributed by atoms with Gasteiger partial charge in [-0.15, -0.1) is 0 Å². The third-order valence-corrected chi connectivity index (χ3v) is 5.91. The van der Waals surface area contributed by atoms with Crippen molar-refractivity contribution in [3.8, 4) is 0 Å². The molecule has 1 N–H and O–H groups in total. The standard InChI is InChI=1S/C25H22BrFN2O2/c26-19-11-14-22-21(15-19)25(18-9-12-20(27)13-10-18)29(16-23(30)28-22)24(31)8-4-7-17-5-2-1-3-6-17/h1-3,5-6,9-15,25H,4,7-8,16H2,(H,28,30)/t25-/m1/s1. The summed E-state index contributed by atoms with van der Waals surface area (Å²) < 4.78 is 14.4. The molecule has 0 aromatic heterocycles. The Morgan fingerprint density at radius 2 is 1.81 bits per heavy atom. The van der Waals surface area contributed by atoms with Gasteiger partial charge >= 0.3 is 0 Å². The first-order valence-electron chi connectivity index (χ1n) is 10.2. The van der Waals surface area contributed by atoms with E-state index in [1.54, 1.807) is 17.0 Å². The van der Waals surface area contributed by atoms with Gasteiger partial charge in [0.15, 0.2) is 0 Å². The van der Waals surface area contributed by atoms with Crippen molar-refractivity contribution < 1.29 is 14.0 Å². The number of halogens is 2. The number of hydrogen-bond acceptors (Lipinski definition) is 2. The Kier molecular flexibility index (Phi) is 6.47. The Bertz CT molecular complexity index is 1090. The highest BCUT2D eigenvalue weighted by atomic mass is 79.9. The Balaban J connectivity index is 1.65. The maximum atomic E-state index is 13.6. The summed E-state index contributed by atoms with van der Waals surface area (Å²) in [4.78, 5) is 27.5. The Hall–Kier alpha value is -2.99. The summed E-state index contributed by atoms with van der Waals surface area (Å²) >= 11 is 3.49. The lowest BCUT2D eigenvalue weighted by Crippen LogP contribution is -2.38. The predicted octanol–water partition coefficient (Wildman–Crippen LogP) is 5.48. The van der Waals surface area contributed by atoms with Crippen molar-refractivity contribution in [3.05, 3.63) is 99.8 Å².